The summed E-state index contributed by atoms with van der Waals surface area (Å²) >= 11 is 0. The van der Waals surface area contributed by atoms with Gasteiger partial charge in [0.1, 0.15) is 5.03 Å². The number of aromatic nitrogens is 1. The van der Waals surface area contributed by atoms with E-state index in [-0.39, 0.29) is 49.9 Å². The van der Waals surface area contributed by atoms with Crippen LogP contribution in [0.4, 0.5) is 0 Å². The van der Waals surface area contributed by atoms with Crippen molar-refractivity contribution < 1.29 is 49.2 Å². The van der Waals surface area contributed by atoms with Gasteiger partial charge in [0.25, 0.3) is 0 Å². The first-order chi connectivity index (χ1) is 6.70. The largest absolute Gasteiger partial charge is 0.493 e. The third-order valence-corrected chi connectivity index (χ3v) is 5.35. The molecule has 0 amide bonds. The van der Waals surface area contributed by atoms with Gasteiger partial charge in [-0.2, -0.15) is 0 Å². The molecule has 2 nitrogen and oxygen atoms in total. The molecule has 0 spiro atoms. The van der Waals surface area contributed by atoms with Gasteiger partial charge in [-0.3, -0.25) is 0 Å². The molecular formula is C10H13AcNOS2. The molecule has 1 aliphatic heterocycles. The van der Waals surface area contributed by atoms with Crippen molar-refractivity contribution in [1.29, 1.82) is 0 Å². The molecular weight excluding hydrogens is 441 g/mol. The molecule has 2 heterocycles. The maximum atomic E-state index is 9.46. The average molecular weight is 454 g/mol. The van der Waals surface area contributed by atoms with E-state index in [1.54, 1.807) is 10.8 Å². The number of rotatable bonds is 1. The minimum atomic E-state index is 0. The van der Waals surface area contributed by atoms with Crippen LogP contribution in [0.2, 0.25) is 0 Å². The summed E-state index contributed by atoms with van der Waals surface area (Å²) in [6, 6.07) is 2.06. The molecule has 0 bridgehead atoms. The monoisotopic (exact) mass is 454 g/mol. The van der Waals surface area contributed by atoms with Crippen LogP contribution in [0, 0.1) is 51.0 Å². The van der Waals surface area contributed by atoms with E-state index < -0.39 is 0 Å². The molecule has 0 aromatic carbocycles. The van der Waals surface area contributed by atoms with Crippen molar-refractivity contribution in [2.75, 3.05) is 0 Å². The van der Waals surface area contributed by atoms with Crippen LogP contribution in [0.15, 0.2) is 11.1 Å². The summed E-state index contributed by atoms with van der Waals surface area (Å²) in [5.74, 6) is 0.173. The SMILES string of the molecule is CCC1Cc2cc(C)c(O)nc2SS1.[Ac]. The number of hydrogen-bond donors (Lipinski definition) is 1. The maximum absolute atomic E-state index is 9.46. The fraction of sp³-hybridized carbons (Fsp3) is 0.500. The average Bonchev–Trinajstić information content (AvgIpc) is 2.19. The minimum absolute atomic E-state index is 0. The molecule has 15 heavy (non-hydrogen) atoms. The van der Waals surface area contributed by atoms with E-state index in [9.17, 15) is 5.11 Å². The van der Waals surface area contributed by atoms with E-state index >= 15 is 0 Å². The van der Waals surface area contributed by atoms with Crippen molar-refractivity contribution in [3.8, 4) is 5.88 Å². The molecule has 1 aromatic rings. The molecule has 0 fully saturated rings. The van der Waals surface area contributed by atoms with Crippen LogP contribution in [0.1, 0.15) is 24.5 Å². The fourth-order valence-electron chi connectivity index (χ4n) is 1.47. The van der Waals surface area contributed by atoms with Crippen LogP contribution in [0.25, 0.3) is 0 Å². The van der Waals surface area contributed by atoms with Gasteiger partial charge in [-0.1, -0.05) is 17.7 Å². The maximum Gasteiger partial charge on any atom is 0.214 e. The predicted molar refractivity (Wildman–Crippen MR) is 61.9 cm³/mol. The molecule has 5 heteroatoms. The number of nitrogens with zero attached hydrogens (tertiary/aromatic N) is 1. The first-order valence-electron chi connectivity index (χ1n) is 4.73. The zero-order valence-corrected chi connectivity index (χ0v) is 15.2. The minimum Gasteiger partial charge on any atom is -0.493 e. The quantitative estimate of drug-likeness (QED) is 0.662. The van der Waals surface area contributed by atoms with Crippen LogP contribution in [0.3, 0.4) is 0 Å². The third kappa shape index (κ3) is 3.28. The van der Waals surface area contributed by atoms with Crippen molar-refractivity contribution in [1.82, 2.24) is 4.98 Å². The Labute approximate surface area is 134 Å². The van der Waals surface area contributed by atoms with E-state index in [1.165, 1.54) is 12.0 Å². The number of pyridine rings is 1. The van der Waals surface area contributed by atoms with Crippen LogP contribution < -0.4 is 0 Å². The van der Waals surface area contributed by atoms with E-state index in [1.807, 2.05) is 17.7 Å². The second kappa shape index (κ2) is 6.14. The standard InChI is InChI=1S/C10H13NOS2.Ac/c1-3-8-5-7-4-6(2)9(12)11-10(7)14-13-8;/h4,8H,3,5H2,1-2H3,(H,11,12);. The Balaban J connectivity index is 0.00000112. The first-order valence-corrected chi connectivity index (χ1v) is 6.94. The van der Waals surface area contributed by atoms with Gasteiger partial charge < -0.3 is 5.11 Å². The topological polar surface area (TPSA) is 33.1 Å². The zero-order valence-electron chi connectivity index (χ0n) is 8.86. The van der Waals surface area contributed by atoms with Gasteiger partial charge in [0, 0.05) is 54.9 Å². The Morgan fingerprint density at radius 2 is 2.33 bits per heavy atom. The molecule has 1 aromatic heterocycles. The summed E-state index contributed by atoms with van der Waals surface area (Å²) in [6.07, 6.45) is 2.27. The zero-order chi connectivity index (χ0) is 10.1. The molecule has 0 aliphatic carbocycles. The fourth-order valence-corrected chi connectivity index (χ4v) is 4.18. The number of hydrogen-bond acceptors (Lipinski definition) is 4. The molecule has 0 saturated heterocycles. The first kappa shape index (κ1) is 14.2. The van der Waals surface area contributed by atoms with Crippen molar-refractivity contribution in [3.63, 3.8) is 0 Å². The predicted octanol–water partition coefficient (Wildman–Crippen LogP) is 3.17. The van der Waals surface area contributed by atoms with Gasteiger partial charge in [0.2, 0.25) is 5.88 Å². The smallest absolute Gasteiger partial charge is 0.214 e. The third-order valence-electron chi connectivity index (χ3n) is 2.39. The van der Waals surface area contributed by atoms with E-state index in [4.69, 9.17) is 0 Å². The summed E-state index contributed by atoms with van der Waals surface area (Å²) in [5, 5.41) is 11.1. The Hall–Kier alpha value is 1.09. The Morgan fingerprint density at radius 3 is 3.00 bits per heavy atom. The second-order valence-corrected chi connectivity index (χ2v) is 6.00. The number of fused-ring (bicyclic) bond motifs is 1. The molecule has 1 atom stereocenters. The van der Waals surface area contributed by atoms with Gasteiger partial charge in [-0.05, 0) is 42.2 Å². The molecule has 1 N–H and O–H groups in total. The summed E-state index contributed by atoms with van der Waals surface area (Å²) in [5.41, 5.74) is 2.17. The van der Waals surface area contributed by atoms with Gasteiger partial charge in [-0.25, -0.2) is 4.98 Å². The molecule has 0 saturated carbocycles. The van der Waals surface area contributed by atoms with Gasteiger partial charge >= 0.3 is 0 Å². The second-order valence-electron chi connectivity index (χ2n) is 3.51. The molecule has 1 radical (unpaired) electrons. The number of aromatic hydroxyl groups is 1. The Morgan fingerprint density at radius 1 is 1.60 bits per heavy atom. The molecule has 1 unspecified atom stereocenters. The van der Waals surface area contributed by atoms with Gasteiger partial charge in [0.15, 0.2) is 0 Å². The van der Waals surface area contributed by atoms with Crippen molar-refractivity contribution in [3.05, 3.63) is 17.2 Å². The van der Waals surface area contributed by atoms with Crippen LogP contribution in [0.5, 0.6) is 5.88 Å². The van der Waals surface area contributed by atoms with Crippen LogP contribution in [-0.4, -0.2) is 15.3 Å². The van der Waals surface area contributed by atoms with E-state index in [0.717, 1.165) is 17.0 Å². The normalized spacial score (nSPS) is 19.2. The van der Waals surface area contributed by atoms with Gasteiger partial charge in [-0.15, -0.1) is 0 Å². The summed E-state index contributed by atoms with van der Waals surface area (Å²) in [4.78, 5) is 4.18. The van der Waals surface area contributed by atoms with Crippen LogP contribution >= 0.6 is 21.6 Å². The van der Waals surface area contributed by atoms with E-state index in [2.05, 4.69) is 18.0 Å². The van der Waals surface area contributed by atoms with E-state index in [0.29, 0.717) is 5.25 Å². The van der Waals surface area contributed by atoms with Crippen LogP contribution in [-0.2, 0) is 6.42 Å². The van der Waals surface area contributed by atoms with Crippen molar-refractivity contribution in [2.45, 2.75) is 37.0 Å². The molecule has 2 rings (SSSR count). The summed E-state index contributed by atoms with van der Waals surface area (Å²) in [6.45, 7) is 4.11. The van der Waals surface area contributed by atoms with Gasteiger partial charge in [0.05, 0.1) is 0 Å². The Kier molecular flexibility index (Phi) is 5.79. The van der Waals surface area contributed by atoms with Crippen molar-refractivity contribution >= 4 is 21.6 Å². The Bertz CT molecular complexity index is 360. The number of aryl methyl sites for hydroxylation is 1. The van der Waals surface area contributed by atoms with Crippen molar-refractivity contribution in [2.24, 2.45) is 0 Å². The molecule has 79 valence electrons. The summed E-state index contributed by atoms with van der Waals surface area (Å²) in [7, 11) is 3.55. The molecule has 1 aliphatic rings. The summed E-state index contributed by atoms with van der Waals surface area (Å²) < 4.78 is 0.